The van der Waals surface area contributed by atoms with Crippen molar-refractivity contribution in [2.24, 2.45) is 0 Å². The minimum absolute atomic E-state index is 0.0415. The molecule has 6 heteroatoms. The normalized spacial score (nSPS) is 10.5. The van der Waals surface area contributed by atoms with Crippen LogP contribution < -0.4 is 10.1 Å². The number of hydrogen-bond acceptors (Lipinski definition) is 5. The Kier molecular flexibility index (Phi) is 6.22. The van der Waals surface area contributed by atoms with Crippen LogP contribution in [0.2, 0.25) is 0 Å². The first-order chi connectivity index (χ1) is 13.5. The first kappa shape index (κ1) is 19.4. The molecular formula is C22H23N3O3. The van der Waals surface area contributed by atoms with Gasteiger partial charge in [0.2, 0.25) is 0 Å². The van der Waals surface area contributed by atoms with Crippen LogP contribution in [0.3, 0.4) is 0 Å². The van der Waals surface area contributed by atoms with Crippen LogP contribution >= 0.6 is 0 Å². The molecule has 6 nitrogen and oxygen atoms in total. The van der Waals surface area contributed by atoms with Crippen LogP contribution in [0.5, 0.6) is 5.75 Å². The monoisotopic (exact) mass is 377 g/mol. The molecule has 0 aliphatic carbocycles. The summed E-state index contributed by atoms with van der Waals surface area (Å²) in [4.78, 5) is 19.7. The van der Waals surface area contributed by atoms with Crippen molar-refractivity contribution in [3.05, 3.63) is 71.5 Å². The van der Waals surface area contributed by atoms with Crippen molar-refractivity contribution in [2.75, 3.05) is 12.4 Å². The lowest BCUT2D eigenvalue weighted by Gasteiger charge is -2.10. The number of nitrogens with one attached hydrogen (secondary N) is 1. The third-order valence-corrected chi connectivity index (χ3v) is 4.39. The molecule has 0 saturated heterocycles. The van der Waals surface area contributed by atoms with Crippen LogP contribution in [0.15, 0.2) is 54.9 Å². The van der Waals surface area contributed by atoms with Crippen LogP contribution in [-0.4, -0.2) is 28.2 Å². The second-order valence-corrected chi connectivity index (χ2v) is 6.55. The number of rotatable bonds is 8. The predicted octanol–water partition coefficient (Wildman–Crippen LogP) is 4.09. The van der Waals surface area contributed by atoms with Crippen LogP contribution in [-0.2, 0) is 17.8 Å². The summed E-state index contributed by atoms with van der Waals surface area (Å²) in [5, 5.41) is 12.2. The predicted molar refractivity (Wildman–Crippen MR) is 108 cm³/mol. The van der Waals surface area contributed by atoms with E-state index in [1.807, 2.05) is 24.3 Å². The number of methoxy groups -OCH3 is 1. The fourth-order valence-electron chi connectivity index (χ4n) is 2.93. The van der Waals surface area contributed by atoms with Gasteiger partial charge in [0.1, 0.15) is 11.6 Å². The highest BCUT2D eigenvalue weighted by Gasteiger charge is 2.10. The second-order valence-electron chi connectivity index (χ2n) is 6.55. The van der Waals surface area contributed by atoms with Gasteiger partial charge < -0.3 is 15.2 Å². The van der Waals surface area contributed by atoms with Crippen LogP contribution in [0.4, 0.5) is 5.82 Å². The van der Waals surface area contributed by atoms with Gasteiger partial charge in [0, 0.05) is 24.7 Å². The van der Waals surface area contributed by atoms with Gasteiger partial charge in [-0.3, -0.25) is 9.78 Å². The van der Waals surface area contributed by atoms with Gasteiger partial charge in [0.15, 0.2) is 0 Å². The highest BCUT2D eigenvalue weighted by atomic mass is 16.5. The summed E-state index contributed by atoms with van der Waals surface area (Å²) in [6.07, 6.45) is 3.81. The molecule has 2 heterocycles. The molecule has 1 aromatic carbocycles. The maximum Gasteiger partial charge on any atom is 0.303 e. The van der Waals surface area contributed by atoms with E-state index in [2.05, 4.69) is 40.4 Å². The lowest BCUT2D eigenvalue weighted by atomic mass is 10.1. The number of ether oxygens (including phenoxy) is 1. The van der Waals surface area contributed by atoms with Crippen LogP contribution in [0, 0.1) is 6.92 Å². The van der Waals surface area contributed by atoms with E-state index in [1.54, 1.807) is 19.5 Å². The molecule has 28 heavy (non-hydrogen) atoms. The van der Waals surface area contributed by atoms with Crippen molar-refractivity contribution >= 4 is 11.8 Å². The molecule has 2 N–H and O–H groups in total. The number of aliphatic carboxylic acids is 1. The smallest absolute Gasteiger partial charge is 0.303 e. The number of aromatic nitrogens is 2. The van der Waals surface area contributed by atoms with E-state index in [9.17, 15) is 4.79 Å². The average Bonchev–Trinajstić information content (AvgIpc) is 2.71. The molecular weight excluding hydrogens is 354 g/mol. The number of pyridine rings is 2. The van der Waals surface area contributed by atoms with Crippen molar-refractivity contribution in [2.45, 2.75) is 26.3 Å². The van der Waals surface area contributed by atoms with E-state index in [0.717, 1.165) is 22.6 Å². The molecule has 0 unspecified atom stereocenters. The quantitative estimate of drug-likeness (QED) is 0.615. The fourth-order valence-corrected chi connectivity index (χ4v) is 2.93. The third kappa shape index (κ3) is 5.07. The summed E-state index contributed by atoms with van der Waals surface area (Å²) in [6.45, 7) is 2.78. The molecule has 3 aromatic rings. The number of carboxylic acid groups (broad SMARTS) is 1. The number of aryl methyl sites for hydroxylation is 2. The van der Waals surface area contributed by atoms with E-state index in [1.165, 1.54) is 11.1 Å². The minimum atomic E-state index is -0.842. The summed E-state index contributed by atoms with van der Waals surface area (Å²) >= 11 is 0. The number of carboxylic acids is 1. The standard InChI is InChI=1S/C22H23N3O3/c1-15-4-3-5-16(10-15)12-24-21-8-6-18(13-25-21)19-11-17(7-9-22(26)27)20(28-2)14-23-19/h3-6,8,10-11,13-14H,7,9,12H2,1-2H3,(H,24,25)(H,26,27). The SMILES string of the molecule is COc1cnc(-c2ccc(NCc3cccc(C)c3)nc2)cc1CCC(=O)O. The Morgan fingerprint density at radius 3 is 2.68 bits per heavy atom. The molecule has 0 atom stereocenters. The van der Waals surface area contributed by atoms with Gasteiger partial charge in [-0.15, -0.1) is 0 Å². The maximum atomic E-state index is 10.9. The van der Waals surface area contributed by atoms with Gasteiger partial charge in [-0.1, -0.05) is 29.8 Å². The Hall–Kier alpha value is -3.41. The number of hydrogen-bond donors (Lipinski definition) is 2. The molecule has 0 bridgehead atoms. The van der Waals surface area contributed by atoms with Gasteiger partial charge >= 0.3 is 5.97 Å². The zero-order valence-corrected chi connectivity index (χ0v) is 16.0. The fraction of sp³-hybridized carbons (Fsp3) is 0.227. The summed E-state index contributed by atoms with van der Waals surface area (Å²) in [5.41, 5.74) is 4.84. The Labute approximate surface area is 164 Å². The minimum Gasteiger partial charge on any atom is -0.495 e. The molecule has 0 amide bonds. The molecule has 0 fully saturated rings. The molecule has 3 rings (SSSR count). The van der Waals surface area contributed by atoms with E-state index in [0.29, 0.717) is 18.7 Å². The van der Waals surface area contributed by atoms with Crippen LogP contribution in [0.25, 0.3) is 11.3 Å². The van der Waals surface area contributed by atoms with Crippen molar-refractivity contribution in [1.82, 2.24) is 9.97 Å². The first-order valence-corrected chi connectivity index (χ1v) is 9.05. The number of anilines is 1. The van der Waals surface area contributed by atoms with Gasteiger partial charge in [-0.25, -0.2) is 4.98 Å². The molecule has 144 valence electrons. The molecule has 0 saturated carbocycles. The molecule has 0 aliphatic heterocycles. The maximum absolute atomic E-state index is 10.9. The topological polar surface area (TPSA) is 84.3 Å². The van der Waals surface area contributed by atoms with Crippen molar-refractivity contribution in [1.29, 1.82) is 0 Å². The third-order valence-electron chi connectivity index (χ3n) is 4.39. The van der Waals surface area contributed by atoms with Gasteiger partial charge in [-0.05, 0) is 42.7 Å². The highest BCUT2D eigenvalue weighted by Crippen LogP contribution is 2.25. The van der Waals surface area contributed by atoms with Crippen molar-refractivity contribution in [3.8, 4) is 17.0 Å². The largest absolute Gasteiger partial charge is 0.495 e. The zero-order valence-electron chi connectivity index (χ0n) is 16.0. The van der Waals surface area contributed by atoms with E-state index in [4.69, 9.17) is 9.84 Å². The van der Waals surface area contributed by atoms with E-state index < -0.39 is 5.97 Å². The highest BCUT2D eigenvalue weighted by molar-refractivity contribution is 5.68. The second kappa shape index (κ2) is 8.99. The van der Waals surface area contributed by atoms with Gasteiger partial charge in [0.25, 0.3) is 0 Å². The lowest BCUT2D eigenvalue weighted by molar-refractivity contribution is -0.136. The number of carbonyl (C=O) groups is 1. The van der Waals surface area contributed by atoms with Gasteiger partial charge in [0.05, 0.1) is 19.0 Å². The summed E-state index contributed by atoms with van der Waals surface area (Å²) in [6, 6.07) is 14.0. The summed E-state index contributed by atoms with van der Waals surface area (Å²) in [5.74, 6) is 0.533. The molecule has 0 spiro atoms. The Morgan fingerprint density at radius 1 is 1.14 bits per heavy atom. The zero-order chi connectivity index (χ0) is 19.9. The van der Waals surface area contributed by atoms with Gasteiger partial charge in [-0.2, -0.15) is 0 Å². The van der Waals surface area contributed by atoms with Crippen molar-refractivity contribution in [3.63, 3.8) is 0 Å². The first-order valence-electron chi connectivity index (χ1n) is 9.05. The lowest BCUT2D eigenvalue weighted by Crippen LogP contribution is -2.02. The Morgan fingerprint density at radius 2 is 2.00 bits per heavy atom. The molecule has 0 aliphatic rings. The molecule has 0 radical (unpaired) electrons. The number of nitrogens with zero attached hydrogens (tertiary/aromatic N) is 2. The van der Waals surface area contributed by atoms with Crippen molar-refractivity contribution < 1.29 is 14.6 Å². The van der Waals surface area contributed by atoms with Crippen LogP contribution in [0.1, 0.15) is 23.1 Å². The average molecular weight is 377 g/mol. The van der Waals surface area contributed by atoms with E-state index >= 15 is 0 Å². The molecule has 2 aromatic heterocycles. The van der Waals surface area contributed by atoms with E-state index in [-0.39, 0.29) is 6.42 Å². The summed E-state index contributed by atoms with van der Waals surface area (Å²) < 4.78 is 5.29. The Bertz CT molecular complexity index is 955. The number of benzene rings is 1. The Balaban J connectivity index is 1.71. The summed E-state index contributed by atoms with van der Waals surface area (Å²) in [7, 11) is 1.55.